The molecular formula is C24H29O6P. The molecule has 0 saturated carbocycles. The van der Waals surface area contributed by atoms with Gasteiger partial charge in [-0.05, 0) is 55.0 Å². The lowest BCUT2D eigenvalue weighted by atomic mass is 9.78. The van der Waals surface area contributed by atoms with Crippen LogP contribution in [0.3, 0.4) is 0 Å². The van der Waals surface area contributed by atoms with Crippen LogP contribution in [0.4, 0.5) is 0 Å². The maximum absolute atomic E-state index is 12.6. The largest absolute Gasteiger partial charge is 0.524 e. The van der Waals surface area contributed by atoms with E-state index < -0.39 is 13.4 Å². The van der Waals surface area contributed by atoms with Crippen LogP contribution in [-0.4, -0.2) is 15.8 Å². The minimum atomic E-state index is -4.71. The van der Waals surface area contributed by atoms with Crippen molar-refractivity contribution in [2.24, 2.45) is 0 Å². The van der Waals surface area contributed by atoms with E-state index >= 15 is 0 Å². The summed E-state index contributed by atoms with van der Waals surface area (Å²) in [6.45, 7) is 9.58. The average Bonchev–Trinajstić information content (AvgIpc) is 2.92. The molecule has 0 spiro atoms. The van der Waals surface area contributed by atoms with E-state index in [-0.39, 0.29) is 17.6 Å². The van der Waals surface area contributed by atoms with Gasteiger partial charge in [0.25, 0.3) is 0 Å². The second-order valence-corrected chi connectivity index (χ2v) is 9.42. The highest BCUT2D eigenvalue weighted by atomic mass is 31.2. The Morgan fingerprint density at radius 3 is 2.32 bits per heavy atom. The van der Waals surface area contributed by atoms with Crippen LogP contribution >= 0.6 is 7.82 Å². The fourth-order valence-corrected chi connectivity index (χ4v) is 4.51. The van der Waals surface area contributed by atoms with Crippen LogP contribution in [0, 0.1) is 0 Å². The number of aryl methyl sites for hydroxylation is 1. The van der Waals surface area contributed by atoms with Gasteiger partial charge in [0, 0.05) is 16.7 Å². The number of phosphoric acid groups is 1. The molecule has 2 aromatic rings. The van der Waals surface area contributed by atoms with Gasteiger partial charge in [-0.3, -0.25) is 9.79 Å². The van der Waals surface area contributed by atoms with Gasteiger partial charge in [0.05, 0.1) is 0 Å². The Morgan fingerprint density at radius 1 is 1.10 bits per heavy atom. The van der Waals surface area contributed by atoms with Gasteiger partial charge in [0.15, 0.2) is 5.60 Å². The van der Waals surface area contributed by atoms with E-state index in [1.165, 1.54) is 6.07 Å². The Kier molecular flexibility index (Phi) is 6.47. The van der Waals surface area contributed by atoms with E-state index in [4.69, 9.17) is 9.26 Å². The van der Waals surface area contributed by atoms with Crippen molar-refractivity contribution in [1.29, 1.82) is 0 Å². The molecule has 0 amide bonds. The summed E-state index contributed by atoms with van der Waals surface area (Å²) < 4.78 is 22.4. The summed E-state index contributed by atoms with van der Waals surface area (Å²) in [7, 11) is -4.71. The number of rotatable bonds is 7. The van der Waals surface area contributed by atoms with Crippen LogP contribution in [0.5, 0.6) is 5.75 Å². The van der Waals surface area contributed by atoms with Crippen LogP contribution < -0.4 is 4.52 Å². The molecule has 0 bridgehead atoms. The Labute approximate surface area is 183 Å². The molecule has 0 saturated heterocycles. The lowest BCUT2D eigenvalue weighted by molar-refractivity contribution is -0.144. The zero-order valence-electron chi connectivity index (χ0n) is 18.5. The number of hydrogen-bond donors (Lipinski definition) is 2. The normalized spacial score (nSPS) is 19.2. The van der Waals surface area contributed by atoms with Gasteiger partial charge in [-0.25, -0.2) is 9.36 Å². The minimum Gasteiger partial charge on any atom is -0.441 e. The predicted molar refractivity (Wildman–Crippen MR) is 119 cm³/mol. The summed E-state index contributed by atoms with van der Waals surface area (Å²) in [5.41, 5.74) is 3.59. The van der Waals surface area contributed by atoms with Gasteiger partial charge in [-0.1, -0.05) is 57.5 Å². The topological polar surface area (TPSA) is 93.1 Å². The van der Waals surface area contributed by atoms with E-state index in [1.54, 1.807) is 13.0 Å². The molecule has 0 radical (unpaired) electrons. The lowest BCUT2D eigenvalue weighted by Crippen LogP contribution is -2.30. The van der Waals surface area contributed by atoms with E-state index in [0.29, 0.717) is 16.7 Å². The molecule has 7 heteroatoms. The van der Waals surface area contributed by atoms with Gasteiger partial charge in [0.2, 0.25) is 0 Å². The molecule has 1 heterocycles. The second-order valence-electron chi connectivity index (χ2n) is 8.26. The highest BCUT2D eigenvalue weighted by molar-refractivity contribution is 7.46. The first-order valence-corrected chi connectivity index (χ1v) is 11.9. The third-order valence-corrected chi connectivity index (χ3v) is 6.20. The van der Waals surface area contributed by atoms with Gasteiger partial charge in [-0.2, -0.15) is 0 Å². The van der Waals surface area contributed by atoms with Gasteiger partial charge < -0.3 is 9.26 Å². The molecule has 2 aromatic carbocycles. The first kappa shape index (κ1) is 23.3. The molecule has 1 unspecified atom stereocenters. The minimum absolute atomic E-state index is 0.0764. The maximum Gasteiger partial charge on any atom is 0.524 e. The molecule has 6 nitrogen and oxygen atoms in total. The smallest absolute Gasteiger partial charge is 0.441 e. The van der Waals surface area contributed by atoms with Crippen molar-refractivity contribution in [2.75, 3.05) is 0 Å². The van der Waals surface area contributed by atoms with Crippen molar-refractivity contribution in [3.63, 3.8) is 0 Å². The summed E-state index contributed by atoms with van der Waals surface area (Å²) >= 11 is 0. The van der Waals surface area contributed by atoms with Gasteiger partial charge in [0.1, 0.15) is 5.75 Å². The second kappa shape index (κ2) is 8.62. The fraction of sp³-hybridized carbons (Fsp3) is 0.375. The fourth-order valence-electron chi connectivity index (χ4n) is 4.09. The van der Waals surface area contributed by atoms with E-state index in [9.17, 15) is 19.1 Å². The molecule has 0 aliphatic carbocycles. The number of esters is 1. The highest BCUT2D eigenvalue weighted by Crippen LogP contribution is 2.49. The third kappa shape index (κ3) is 4.47. The lowest BCUT2D eigenvalue weighted by Gasteiger charge is -2.32. The number of benzene rings is 2. The zero-order valence-corrected chi connectivity index (χ0v) is 19.4. The number of cyclic esters (lactones) is 1. The van der Waals surface area contributed by atoms with E-state index in [1.807, 2.05) is 39.0 Å². The maximum atomic E-state index is 12.6. The SMILES string of the molecule is CCCc1cccc(C2(c3ccc(OP(=O)(O)O)c(C(C)C)c3)OC(=O)C(C)=C2C)c1. The van der Waals surface area contributed by atoms with Crippen LogP contribution in [0.25, 0.3) is 0 Å². The summed E-state index contributed by atoms with van der Waals surface area (Å²) in [5.74, 6) is -0.336. The number of hydrogen-bond acceptors (Lipinski definition) is 4. The quantitative estimate of drug-likeness (QED) is 0.441. The highest BCUT2D eigenvalue weighted by Gasteiger charge is 2.47. The van der Waals surface area contributed by atoms with Crippen molar-refractivity contribution in [3.8, 4) is 5.75 Å². The standard InChI is InChI=1S/C24H29O6P/c1-6-8-18-9-7-10-19(13-18)24(17(5)16(4)23(25)29-24)20-11-12-22(30-31(26,27)28)21(14-20)15(2)3/h7,9-15H,6,8H2,1-5H3,(H2,26,27,28). The third-order valence-electron chi connectivity index (χ3n) is 5.77. The summed E-state index contributed by atoms with van der Waals surface area (Å²) in [6, 6.07) is 13.1. The molecule has 1 aliphatic rings. The zero-order chi connectivity index (χ0) is 23.0. The van der Waals surface area contributed by atoms with Crippen molar-refractivity contribution < 1.29 is 28.4 Å². The average molecular weight is 444 g/mol. The first-order chi connectivity index (χ1) is 14.5. The number of carbonyl (C=O) groups is 1. The van der Waals surface area contributed by atoms with E-state index in [0.717, 1.165) is 29.5 Å². The monoisotopic (exact) mass is 444 g/mol. The molecule has 1 atom stereocenters. The first-order valence-electron chi connectivity index (χ1n) is 10.4. The van der Waals surface area contributed by atoms with Gasteiger partial charge in [-0.15, -0.1) is 0 Å². The summed E-state index contributed by atoms with van der Waals surface area (Å²) in [5, 5.41) is 0. The number of ether oxygens (including phenoxy) is 1. The molecule has 3 rings (SSSR count). The van der Waals surface area contributed by atoms with Crippen molar-refractivity contribution in [1.82, 2.24) is 0 Å². The van der Waals surface area contributed by atoms with E-state index in [2.05, 4.69) is 19.1 Å². The van der Waals surface area contributed by atoms with Crippen molar-refractivity contribution >= 4 is 13.8 Å². The van der Waals surface area contributed by atoms with Crippen LogP contribution in [-0.2, 0) is 26.1 Å². The Balaban J connectivity index is 2.25. The van der Waals surface area contributed by atoms with Gasteiger partial charge >= 0.3 is 13.8 Å². The molecule has 1 aliphatic heterocycles. The Bertz CT molecular complexity index is 1080. The molecular weight excluding hydrogens is 415 g/mol. The predicted octanol–water partition coefficient (Wildman–Crippen LogP) is 5.37. The number of carbonyl (C=O) groups excluding carboxylic acids is 1. The Hall–Kier alpha value is -2.40. The Morgan fingerprint density at radius 2 is 1.77 bits per heavy atom. The van der Waals surface area contributed by atoms with Crippen molar-refractivity contribution in [2.45, 2.75) is 59.0 Å². The van der Waals surface area contributed by atoms with Crippen LogP contribution in [0.2, 0.25) is 0 Å². The van der Waals surface area contributed by atoms with Crippen LogP contribution in [0.15, 0.2) is 53.6 Å². The van der Waals surface area contributed by atoms with Crippen LogP contribution in [0.1, 0.15) is 69.2 Å². The molecule has 166 valence electrons. The molecule has 0 aromatic heterocycles. The summed E-state index contributed by atoms with van der Waals surface area (Å²) in [4.78, 5) is 31.2. The molecule has 2 N–H and O–H groups in total. The molecule has 0 fully saturated rings. The summed E-state index contributed by atoms with van der Waals surface area (Å²) in [6.07, 6.45) is 1.90. The number of phosphoric ester groups is 1. The molecule has 31 heavy (non-hydrogen) atoms. The van der Waals surface area contributed by atoms with Crippen molar-refractivity contribution in [3.05, 3.63) is 75.9 Å².